The maximum Gasteiger partial charge on any atom is 0.183 e. The smallest absolute Gasteiger partial charge is 0.183 e. The van der Waals surface area contributed by atoms with Gasteiger partial charge in [-0.2, -0.15) is 0 Å². The zero-order valence-corrected chi connectivity index (χ0v) is 13.5. The molecule has 0 bridgehead atoms. The van der Waals surface area contributed by atoms with E-state index in [-0.39, 0.29) is 5.54 Å². The molecular weight excluding hydrogens is 234 g/mol. The van der Waals surface area contributed by atoms with E-state index in [9.17, 15) is 0 Å². The van der Waals surface area contributed by atoms with Crippen LogP contribution < -0.4 is 0 Å². The molecule has 0 aromatic carbocycles. The van der Waals surface area contributed by atoms with Crippen LogP contribution in [0.2, 0.25) is 0 Å². The lowest BCUT2D eigenvalue weighted by Crippen LogP contribution is -2.17. The molecule has 0 fully saturated rings. The average molecular weight is 267 g/mol. The second-order valence-electron chi connectivity index (χ2n) is 7.01. The summed E-state index contributed by atoms with van der Waals surface area (Å²) in [5.41, 5.74) is 0.0196. The van der Waals surface area contributed by atoms with Gasteiger partial charge in [0.15, 0.2) is 5.90 Å². The van der Waals surface area contributed by atoms with Crippen molar-refractivity contribution in [2.45, 2.75) is 91.0 Å². The molecule has 0 N–H and O–H groups in total. The minimum Gasteiger partial charge on any atom is -0.478 e. The summed E-state index contributed by atoms with van der Waals surface area (Å²) in [6.45, 7) is 9.66. The number of aliphatic imine (C=N–C) groups is 1. The normalized spacial score (nSPS) is 17.6. The molecule has 112 valence electrons. The fraction of sp³-hybridized carbons (Fsp3) is 0.941. The third-order valence-electron chi connectivity index (χ3n) is 3.69. The first-order valence-corrected chi connectivity index (χ1v) is 8.21. The van der Waals surface area contributed by atoms with E-state index in [1.165, 1.54) is 51.4 Å². The van der Waals surface area contributed by atoms with Crippen molar-refractivity contribution in [3.8, 4) is 0 Å². The van der Waals surface area contributed by atoms with Crippen LogP contribution >= 0.6 is 0 Å². The molecule has 0 amide bonds. The third-order valence-corrected chi connectivity index (χ3v) is 3.69. The second kappa shape index (κ2) is 8.60. The first-order valence-electron chi connectivity index (χ1n) is 8.21. The summed E-state index contributed by atoms with van der Waals surface area (Å²) in [4.78, 5) is 4.59. The van der Waals surface area contributed by atoms with Crippen LogP contribution in [0.5, 0.6) is 0 Å². The van der Waals surface area contributed by atoms with Gasteiger partial charge in [0.1, 0.15) is 6.61 Å². The van der Waals surface area contributed by atoms with Crippen molar-refractivity contribution in [1.82, 2.24) is 0 Å². The van der Waals surface area contributed by atoms with Crippen molar-refractivity contribution in [1.29, 1.82) is 0 Å². The SMILES string of the molecule is CC(C)CCCCCCCCCC1=NC(C)(C)CO1. The number of hydrogen-bond acceptors (Lipinski definition) is 2. The van der Waals surface area contributed by atoms with Crippen molar-refractivity contribution >= 4 is 5.90 Å². The molecule has 0 aliphatic carbocycles. The molecule has 1 heterocycles. The zero-order chi connectivity index (χ0) is 14.1. The summed E-state index contributed by atoms with van der Waals surface area (Å²) in [6, 6.07) is 0. The predicted molar refractivity (Wildman–Crippen MR) is 83.9 cm³/mol. The lowest BCUT2D eigenvalue weighted by Gasteiger charge is -2.07. The van der Waals surface area contributed by atoms with Gasteiger partial charge in [0.05, 0.1) is 5.54 Å². The molecule has 19 heavy (non-hydrogen) atoms. The molecule has 1 rings (SSSR count). The van der Waals surface area contributed by atoms with E-state index in [0.717, 1.165) is 24.8 Å². The fourth-order valence-corrected chi connectivity index (χ4v) is 2.50. The Balaban J connectivity index is 1.87. The molecular formula is C17H33NO. The molecule has 0 saturated carbocycles. The molecule has 2 heteroatoms. The van der Waals surface area contributed by atoms with Crippen LogP contribution in [0.15, 0.2) is 4.99 Å². The number of nitrogens with zero attached hydrogens (tertiary/aromatic N) is 1. The maximum atomic E-state index is 5.60. The van der Waals surface area contributed by atoms with Crippen molar-refractivity contribution in [2.75, 3.05) is 6.61 Å². The van der Waals surface area contributed by atoms with Gasteiger partial charge in [0.2, 0.25) is 0 Å². The fourth-order valence-electron chi connectivity index (χ4n) is 2.50. The summed E-state index contributed by atoms with van der Waals surface area (Å²) in [6.07, 6.45) is 12.0. The first kappa shape index (κ1) is 16.5. The van der Waals surface area contributed by atoms with Gasteiger partial charge >= 0.3 is 0 Å². The minimum absolute atomic E-state index is 0.0196. The van der Waals surface area contributed by atoms with Crippen LogP contribution in [-0.4, -0.2) is 18.0 Å². The van der Waals surface area contributed by atoms with Crippen LogP contribution in [0.1, 0.15) is 85.5 Å². The first-order chi connectivity index (χ1) is 8.99. The average Bonchev–Trinajstić information content (AvgIpc) is 2.66. The zero-order valence-electron chi connectivity index (χ0n) is 13.5. The summed E-state index contributed by atoms with van der Waals surface area (Å²) < 4.78 is 5.60. The summed E-state index contributed by atoms with van der Waals surface area (Å²) in [5.74, 6) is 1.86. The Hall–Kier alpha value is -0.530. The summed E-state index contributed by atoms with van der Waals surface area (Å²) in [7, 11) is 0. The van der Waals surface area contributed by atoms with Crippen LogP contribution in [0.4, 0.5) is 0 Å². The Morgan fingerprint density at radius 3 is 2.11 bits per heavy atom. The highest BCUT2D eigenvalue weighted by Crippen LogP contribution is 2.20. The largest absolute Gasteiger partial charge is 0.478 e. The van der Waals surface area contributed by atoms with Crippen molar-refractivity contribution in [2.24, 2.45) is 10.9 Å². The van der Waals surface area contributed by atoms with Gasteiger partial charge in [-0.1, -0.05) is 58.8 Å². The maximum absolute atomic E-state index is 5.60. The quantitative estimate of drug-likeness (QED) is 0.488. The molecule has 0 spiro atoms. The van der Waals surface area contributed by atoms with Crippen LogP contribution in [-0.2, 0) is 4.74 Å². The topological polar surface area (TPSA) is 21.6 Å². The lowest BCUT2D eigenvalue weighted by atomic mass is 10.0. The van der Waals surface area contributed by atoms with E-state index in [4.69, 9.17) is 4.74 Å². The summed E-state index contributed by atoms with van der Waals surface area (Å²) >= 11 is 0. The van der Waals surface area contributed by atoms with E-state index in [1.54, 1.807) is 0 Å². The van der Waals surface area contributed by atoms with Crippen LogP contribution in [0.3, 0.4) is 0 Å². The molecule has 0 aromatic heterocycles. The van der Waals surface area contributed by atoms with Crippen LogP contribution in [0, 0.1) is 5.92 Å². The van der Waals surface area contributed by atoms with Gasteiger partial charge in [-0.15, -0.1) is 0 Å². The third kappa shape index (κ3) is 8.28. The van der Waals surface area contributed by atoms with E-state index in [0.29, 0.717) is 0 Å². The van der Waals surface area contributed by atoms with Crippen molar-refractivity contribution < 1.29 is 4.74 Å². The Bertz CT molecular complexity index is 268. The Morgan fingerprint density at radius 1 is 1.00 bits per heavy atom. The number of rotatable bonds is 10. The molecule has 0 saturated heterocycles. The standard InChI is InChI=1S/C17H33NO/c1-15(2)12-10-8-6-5-7-9-11-13-16-18-17(3,4)14-19-16/h15H,5-14H2,1-4H3. The number of hydrogen-bond donors (Lipinski definition) is 0. The second-order valence-corrected chi connectivity index (χ2v) is 7.01. The minimum atomic E-state index is 0.0196. The van der Waals surface area contributed by atoms with Crippen molar-refractivity contribution in [3.63, 3.8) is 0 Å². The lowest BCUT2D eigenvalue weighted by molar-refractivity contribution is 0.273. The number of ether oxygens (including phenoxy) is 1. The van der Waals surface area contributed by atoms with E-state index in [2.05, 4.69) is 32.7 Å². The van der Waals surface area contributed by atoms with E-state index < -0.39 is 0 Å². The van der Waals surface area contributed by atoms with Gasteiger partial charge in [-0.25, -0.2) is 4.99 Å². The highest BCUT2D eigenvalue weighted by Gasteiger charge is 2.25. The Labute approximate surface area is 120 Å². The molecule has 0 radical (unpaired) electrons. The highest BCUT2D eigenvalue weighted by atomic mass is 16.5. The number of unbranched alkanes of at least 4 members (excludes halogenated alkanes) is 6. The van der Waals surface area contributed by atoms with Gasteiger partial charge < -0.3 is 4.74 Å². The molecule has 1 aliphatic rings. The van der Waals surface area contributed by atoms with E-state index >= 15 is 0 Å². The Morgan fingerprint density at radius 2 is 1.58 bits per heavy atom. The van der Waals surface area contributed by atoms with Gasteiger partial charge in [-0.3, -0.25) is 0 Å². The summed E-state index contributed by atoms with van der Waals surface area (Å²) in [5, 5.41) is 0. The molecule has 0 atom stereocenters. The monoisotopic (exact) mass is 267 g/mol. The predicted octanol–water partition coefficient (Wildman–Crippen LogP) is 5.36. The van der Waals surface area contributed by atoms with E-state index in [1.807, 2.05) is 0 Å². The van der Waals surface area contributed by atoms with Gasteiger partial charge in [0, 0.05) is 6.42 Å². The molecule has 2 nitrogen and oxygen atoms in total. The van der Waals surface area contributed by atoms with Crippen molar-refractivity contribution in [3.05, 3.63) is 0 Å². The van der Waals surface area contributed by atoms with Crippen LogP contribution in [0.25, 0.3) is 0 Å². The Kier molecular flexibility index (Phi) is 7.48. The van der Waals surface area contributed by atoms with Gasteiger partial charge in [0.25, 0.3) is 0 Å². The molecule has 0 aromatic rings. The molecule has 1 aliphatic heterocycles. The van der Waals surface area contributed by atoms with Gasteiger partial charge in [-0.05, 0) is 26.2 Å². The molecule has 0 unspecified atom stereocenters. The highest BCUT2D eigenvalue weighted by molar-refractivity contribution is 5.78.